The predicted molar refractivity (Wildman–Crippen MR) is 90.8 cm³/mol. The molecule has 0 saturated heterocycles. The summed E-state index contributed by atoms with van der Waals surface area (Å²) < 4.78 is 5.13. The summed E-state index contributed by atoms with van der Waals surface area (Å²) >= 11 is 0. The number of aromatic amines is 1. The van der Waals surface area contributed by atoms with E-state index < -0.39 is 0 Å². The van der Waals surface area contributed by atoms with Gasteiger partial charge < -0.3 is 10.1 Å². The summed E-state index contributed by atoms with van der Waals surface area (Å²) in [6, 6.07) is 15.0. The van der Waals surface area contributed by atoms with Crippen LogP contribution < -0.4 is 10.1 Å². The van der Waals surface area contributed by atoms with Crippen LogP contribution in [0.15, 0.2) is 54.7 Å². The molecule has 0 fully saturated rings. The smallest absolute Gasteiger partial charge is 0.269 e. The van der Waals surface area contributed by atoms with Gasteiger partial charge in [0.15, 0.2) is 0 Å². The van der Waals surface area contributed by atoms with Gasteiger partial charge in [-0.05, 0) is 42.5 Å². The molecule has 0 unspecified atom stereocenters. The van der Waals surface area contributed by atoms with Crippen molar-refractivity contribution in [1.29, 1.82) is 0 Å². The molecule has 0 aliphatic heterocycles. The van der Waals surface area contributed by atoms with Gasteiger partial charge in [0.05, 0.1) is 12.8 Å². The molecule has 6 nitrogen and oxygen atoms in total. The number of rotatable bonds is 6. The first-order chi connectivity index (χ1) is 11.8. The largest absolute Gasteiger partial charge is 0.497 e. The van der Waals surface area contributed by atoms with Crippen LogP contribution in [0.2, 0.25) is 0 Å². The van der Waals surface area contributed by atoms with Crippen molar-refractivity contribution in [2.75, 3.05) is 13.7 Å². The first kappa shape index (κ1) is 15.7. The lowest BCUT2D eigenvalue weighted by atomic mass is 10.1. The maximum atomic E-state index is 12.2. The van der Waals surface area contributed by atoms with E-state index >= 15 is 0 Å². The van der Waals surface area contributed by atoms with Crippen molar-refractivity contribution in [3.63, 3.8) is 0 Å². The average molecular weight is 322 g/mol. The highest BCUT2D eigenvalue weighted by Crippen LogP contribution is 2.21. The van der Waals surface area contributed by atoms with Crippen LogP contribution in [0.3, 0.4) is 0 Å². The third-order valence-corrected chi connectivity index (χ3v) is 3.60. The SMILES string of the molecule is COc1ccc(-c2cc(C(=O)NCCc3ccccn3)[nH]n2)cc1. The molecule has 0 atom stereocenters. The molecule has 2 N–H and O–H groups in total. The standard InChI is InChI=1S/C18H18N4O2/c1-24-15-7-5-13(6-8-15)16-12-17(22-21-16)18(23)20-11-9-14-4-2-3-10-19-14/h2-8,10,12H,9,11H2,1H3,(H,20,23)(H,21,22). The summed E-state index contributed by atoms with van der Waals surface area (Å²) in [6.45, 7) is 0.521. The number of aromatic nitrogens is 3. The second-order valence-electron chi connectivity index (χ2n) is 5.22. The molecule has 1 aromatic carbocycles. The fourth-order valence-corrected chi connectivity index (χ4v) is 2.29. The third-order valence-electron chi connectivity index (χ3n) is 3.60. The number of carbonyl (C=O) groups excluding carboxylic acids is 1. The lowest BCUT2D eigenvalue weighted by molar-refractivity contribution is 0.0949. The van der Waals surface area contributed by atoms with Gasteiger partial charge in [0.2, 0.25) is 0 Å². The Morgan fingerprint density at radius 3 is 2.75 bits per heavy atom. The summed E-state index contributed by atoms with van der Waals surface area (Å²) in [5.74, 6) is 0.597. The van der Waals surface area contributed by atoms with Crippen LogP contribution in [-0.4, -0.2) is 34.7 Å². The van der Waals surface area contributed by atoms with Crippen LogP contribution in [0.5, 0.6) is 5.75 Å². The average Bonchev–Trinajstić information content (AvgIpc) is 3.13. The number of hydrogen-bond donors (Lipinski definition) is 2. The molecule has 3 aromatic rings. The van der Waals surface area contributed by atoms with Crippen molar-refractivity contribution < 1.29 is 9.53 Å². The Bertz CT molecular complexity index is 797. The topological polar surface area (TPSA) is 79.9 Å². The lowest BCUT2D eigenvalue weighted by Crippen LogP contribution is -2.26. The Morgan fingerprint density at radius 1 is 1.21 bits per heavy atom. The van der Waals surface area contributed by atoms with Crippen molar-refractivity contribution in [2.24, 2.45) is 0 Å². The van der Waals surface area contributed by atoms with E-state index in [0.29, 0.717) is 24.4 Å². The second kappa shape index (κ2) is 7.41. The van der Waals surface area contributed by atoms with E-state index in [-0.39, 0.29) is 5.91 Å². The van der Waals surface area contributed by atoms with Crippen LogP contribution in [-0.2, 0) is 6.42 Å². The molecule has 122 valence electrons. The summed E-state index contributed by atoms with van der Waals surface area (Å²) in [5, 5.41) is 9.82. The van der Waals surface area contributed by atoms with Gasteiger partial charge in [-0.2, -0.15) is 5.10 Å². The predicted octanol–water partition coefficient (Wildman–Crippen LogP) is 2.45. The van der Waals surface area contributed by atoms with Crippen LogP contribution in [0.4, 0.5) is 0 Å². The van der Waals surface area contributed by atoms with E-state index in [4.69, 9.17) is 4.74 Å². The minimum Gasteiger partial charge on any atom is -0.497 e. The van der Waals surface area contributed by atoms with Gasteiger partial charge in [0.1, 0.15) is 11.4 Å². The first-order valence-corrected chi connectivity index (χ1v) is 7.64. The second-order valence-corrected chi connectivity index (χ2v) is 5.22. The molecule has 0 aliphatic carbocycles. The number of nitrogens with one attached hydrogen (secondary N) is 2. The number of hydrogen-bond acceptors (Lipinski definition) is 4. The van der Waals surface area contributed by atoms with E-state index in [9.17, 15) is 4.79 Å². The lowest BCUT2D eigenvalue weighted by Gasteiger charge is -2.02. The summed E-state index contributed by atoms with van der Waals surface area (Å²) in [7, 11) is 1.62. The van der Waals surface area contributed by atoms with Crippen molar-refractivity contribution in [3.05, 3.63) is 66.1 Å². The highest BCUT2D eigenvalue weighted by atomic mass is 16.5. The highest BCUT2D eigenvalue weighted by Gasteiger charge is 2.10. The highest BCUT2D eigenvalue weighted by molar-refractivity contribution is 5.93. The van der Waals surface area contributed by atoms with Gasteiger partial charge in [-0.3, -0.25) is 14.9 Å². The van der Waals surface area contributed by atoms with Crippen LogP contribution in [0.1, 0.15) is 16.2 Å². The number of H-pyrrole nitrogens is 1. The van der Waals surface area contributed by atoms with Crippen molar-refractivity contribution in [1.82, 2.24) is 20.5 Å². The Labute approximate surface area is 139 Å². The van der Waals surface area contributed by atoms with Gasteiger partial charge in [0.25, 0.3) is 5.91 Å². The molecule has 2 heterocycles. The van der Waals surface area contributed by atoms with Crippen LogP contribution in [0, 0.1) is 0 Å². The summed E-state index contributed by atoms with van der Waals surface area (Å²) in [5.41, 5.74) is 3.01. The number of benzene rings is 1. The summed E-state index contributed by atoms with van der Waals surface area (Å²) in [4.78, 5) is 16.4. The van der Waals surface area contributed by atoms with Crippen LogP contribution in [0.25, 0.3) is 11.3 Å². The molecule has 0 saturated carbocycles. The third kappa shape index (κ3) is 3.78. The zero-order chi connectivity index (χ0) is 16.8. The van der Waals surface area contributed by atoms with E-state index in [0.717, 1.165) is 17.0 Å². The molecular weight excluding hydrogens is 304 g/mol. The maximum Gasteiger partial charge on any atom is 0.269 e. The Morgan fingerprint density at radius 2 is 2.04 bits per heavy atom. The molecule has 3 rings (SSSR count). The van der Waals surface area contributed by atoms with Gasteiger partial charge in [0, 0.05) is 30.4 Å². The van der Waals surface area contributed by atoms with E-state index in [2.05, 4.69) is 20.5 Å². The Hall–Kier alpha value is -3.15. The van der Waals surface area contributed by atoms with E-state index in [1.807, 2.05) is 42.5 Å². The molecule has 0 bridgehead atoms. The molecule has 1 amide bonds. The molecule has 24 heavy (non-hydrogen) atoms. The zero-order valence-corrected chi connectivity index (χ0v) is 13.3. The Kier molecular flexibility index (Phi) is 4.86. The number of ether oxygens (including phenoxy) is 1. The molecule has 0 spiro atoms. The van der Waals surface area contributed by atoms with Gasteiger partial charge in [-0.15, -0.1) is 0 Å². The van der Waals surface area contributed by atoms with Gasteiger partial charge in [-0.25, -0.2) is 0 Å². The minimum atomic E-state index is -0.182. The van der Waals surface area contributed by atoms with E-state index in [1.54, 1.807) is 19.4 Å². The van der Waals surface area contributed by atoms with Crippen molar-refractivity contribution in [3.8, 4) is 17.0 Å². The number of nitrogens with zero attached hydrogens (tertiary/aromatic N) is 2. The number of pyridine rings is 1. The van der Waals surface area contributed by atoms with Gasteiger partial charge in [-0.1, -0.05) is 6.07 Å². The number of carbonyl (C=O) groups is 1. The zero-order valence-electron chi connectivity index (χ0n) is 13.3. The maximum absolute atomic E-state index is 12.2. The molecule has 0 aliphatic rings. The monoisotopic (exact) mass is 322 g/mol. The number of methoxy groups -OCH3 is 1. The van der Waals surface area contributed by atoms with Gasteiger partial charge >= 0.3 is 0 Å². The summed E-state index contributed by atoms with van der Waals surface area (Å²) in [6.07, 6.45) is 2.43. The Balaban J connectivity index is 1.59. The van der Waals surface area contributed by atoms with E-state index in [1.165, 1.54) is 0 Å². The van der Waals surface area contributed by atoms with Crippen molar-refractivity contribution >= 4 is 5.91 Å². The molecule has 6 heteroatoms. The van der Waals surface area contributed by atoms with Crippen molar-refractivity contribution in [2.45, 2.75) is 6.42 Å². The fourth-order valence-electron chi connectivity index (χ4n) is 2.29. The van der Waals surface area contributed by atoms with Crippen LogP contribution >= 0.6 is 0 Å². The molecular formula is C18H18N4O2. The molecule has 0 radical (unpaired) electrons. The normalized spacial score (nSPS) is 10.4. The number of amides is 1. The first-order valence-electron chi connectivity index (χ1n) is 7.64. The quantitative estimate of drug-likeness (QED) is 0.730. The fraction of sp³-hybridized carbons (Fsp3) is 0.167. The molecule has 2 aromatic heterocycles. The minimum absolute atomic E-state index is 0.182.